The van der Waals surface area contributed by atoms with E-state index in [1.165, 1.54) is 0 Å². The molecular formula is C22H24F6N4O. The number of pyridine rings is 1. The van der Waals surface area contributed by atoms with E-state index < -0.39 is 23.5 Å². The normalized spacial score (nSPS) is 19.4. The van der Waals surface area contributed by atoms with E-state index in [1.54, 1.807) is 6.92 Å². The number of halogens is 6. The third kappa shape index (κ3) is 6.42. The highest BCUT2D eigenvalue weighted by atomic mass is 19.4. The zero-order chi connectivity index (χ0) is 24.2. The molecule has 0 bridgehead atoms. The van der Waals surface area contributed by atoms with E-state index in [0.29, 0.717) is 38.3 Å². The molecule has 1 aliphatic rings. The monoisotopic (exact) mass is 474 g/mol. The van der Waals surface area contributed by atoms with Crippen LogP contribution < -0.4 is 5.32 Å². The minimum Gasteiger partial charge on any atom is -0.367 e. The Balaban J connectivity index is 1.76. The molecule has 33 heavy (non-hydrogen) atoms. The third-order valence-corrected chi connectivity index (χ3v) is 5.84. The van der Waals surface area contributed by atoms with Crippen molar-refractivity contribution in [2.24, 2.45) is 5.92 Å². The van der Waals surface area contributed by atoms with Gasteiger partial charge in [0.15, 0.2) is 0 Å². The molecule has 0 amide bonds. The van der Waals surface area contributed by atoms with Gasteiger partial charge in [0.1, 0.15) is 23.0 Å². The van der Waals surface area contributed by atoms with E-state index in [1.807, 2.05) is 0 Å². The Kier molecular flexibility index (Phi) is 7.58. The molecule has 1 fully saturated rings. The molecule has 2 heterocycles. The molecule has 1 aliphatic carbocycles. The van der Waals surface area contributed by atoms with Gasteiger partial charge in [-0.2, -0.15) is 26.3 Å². The van der Waals surface area contributed by atoms with Gasteiger partial charge >= 0.3 is 12.4 Å². The van der Waals surface area contributed by atoms with Crippen LogP contribution in [0.2, 0.25) is 0 Å². The molecule has 0 saturated heterocycles. The molecule has 3 rings (SSSR count). The van der Waals surface area contributed by atoms with Crippen molar-refractivity contribution in [1.29, 1.82) is 0 Å². The predicted molar refractivity (Wildman–Crippen MR) is 108 cm³/mol. The number of ketones is 1. The van der Waals surface area contributed by atoms with Crippen LogP contribution in [0.4, 0.5) is 32.2 Å². The van der Waals surface area contributed by atoms with Crippen molar-refractivity contribution < 1.29 is 31.1 Å². The summed E-state index contributed by atoms with van der Waals surface area (Å²) in [4.78, 5) is 23.3. The van der Waals surface area contributed by atoms with Gasteiger partial charge in [0.25, 0.3) is 0 Å². The Hall–Kier alpha value is -2.72. The van der Waals surface area contributed by atoms with Gasteiger partial charge in [0, 0.05) is 43.4 Å². The summed E-state index contributed by atoms with van der Waals surface area (Å²) in [5.41, 5.74) is -1.96. The summed E-state index contributed by atoms with van der Waals surface area (Å²) in [6.45, 7) is 1.79. The number of nitrogens with zero attached hydrogens (tertiary/aromatic N) is 3. The van der Waals surface area contributed by atoms with Crippen molar-refractivity contribution in [2.45, 2.75) is 70.3 Å². The van der Waals surface area contributed by atoms with Crippen LogP contribution >= 0.6 is 0 Å². The Labute approximate surface area is 187 Å². The summed E-state index contributed by atoms with van der Waals surface area (Å²) >= 11 is 0. The number of rotatable bonds is 7. The van der Waals surface area contributed by atoms with Crippen molar-refractivity contribution in [3.8, 4) is 0 Å². The molecule has 0 radical (unpaired) electrons. The van der Waals surface area contributed by atoms with Gasteiger partial charge in [0.2, 0.25) is 0 Å². The van der Waals surface area contributed by atoms with Crippen molar-refractivity contribution in [1.82, 2.24) is 15.0 Å². The van der Waals surface area contributed by atoms with E-state index in [2.05, 4.69) is 20.3 Å². The van der Waals surface area contributed by atoms with Crippen LogP contribution in [0.1, 0.15) is 61.5 Å². The average Bonchev–Trinajstić information content (AvgIpc) is 2.76. The molecule has 0 unspecified atom stereocenters. The minimum absolute atomic E-state index is 0.00248. The van der Waals surface area contributed by atoms with Crippen LogP contribution in [0, 0.1) is 5.92 Å². The standard InChI is InChI=1S/C22H24F6N4O/c1-2-18(33)13-3-6-15(7-4-13)31-20-17(22(26,27)28)12-30-19(32-20)8-5-14-11-29-10-9-16(14)21(23,24)25/h9-13,15H,2-8H2,1H3,(H,30,31,32). The van der Waals surface area contributed by atoms with Crippen LogP contribution in [-0.4, -0.2) is 26.8 Å². The number of aryl methyl sites for hydroxylation is 2. The Morgan fingerprint density at radius 2 is 1.67 bits per heavy atom. The van der Waals surface area contributed by atoms with Crippen LogP contribution in [0.15, 0.2) is 24.7 Å². The largest absolute Gasteiger partial charge is 0.421 e. The quantitative estimate of drug-likeness (QED) is 0.526. The lowest BCUT2D eigenvalue weighted by Crippen LogP contribution is -2.30. The first-order valence-corrected chi connectivity index (χ1v) is 10.7. The number of carbonyl (C=O) groups is 1. The van der Waals surface area contributed by atoms with Crippen LogP contribution in [-0.2, 0) is 30.0 Å². The Bertz CT molecular complexity index is 968. The fourth-order valence-corrected chi connectivity index (χ4v) is 4.05. The predicted octanol–water partition coefficient (Wildman–Crippen LogP) is 5.64. The summed E-state index contributed by atoms with van der Waals surface area (Å²) in [7, 11) is 0. The van der Waals surface area contributed by atoms with Crippen molar-refractivity contribution in [3.63, 3.8) is 0 Å². The Morgan fingerprint density at radius 1 is 1.00 bits per heavy atom. The van der Waals surface area contributed by atoms with Crippen molar-refractivity contribution in [3.05, 3.63) is 47.2 Å². The first-order chi connectivity index (χ1) is 15.5. The van der Waals surface area contributed by atoms with Gasteiger partial charge in [-0.25, -0.2) is 9.97 Å². The van der Waals surface area contributed by atoms with Crippen molar-refractivity contribution in [2.75, 3.05) is 5.32 Å². The lowest BCUT2D eigenvalue weighted by molar-refractivity contribution is -0.138. The zero-order valence-corrected chi connectivity index (χ0v) is 17.9. The van der Waals surface area contributed by atoms with Crippen LogP contribution in [0.5, 0.6) is 0 Å². The number of anilines is 1. The van der Waals surface area contributed by atoms with Gasteiger partial charge in [-0.15, -0.1) is 0 Å². The SMILES string of the molecule is CCC(=O)C1CCC(Nc2nc(CCc3cnccc3C(F)(F)F)ncc2C(F)(F)F)CC1. The Morgan fingerprint density at radius 3 is 2.27 bits per heavy atom. The molecule has 2 aromatic heterocycles. The third-order valence-electron chi connectivity index (χ3n) is 5.84. The average molecular weight is 474 g/mol. The molecule has 0 spiro atoms. The van der Waals surface area contributed by atoms with E-state index in [4.69, 9.17) is 0 Å². The number of carbonyl (C=O) groups excluding carboxylic acids is 1. The van der Waals surface area contributed by atoms with Gasteiger partial charge < -0.3 is 5.32 Å². The topological polar surface area (TPSA) is 67.8 Å². The molecule has 0 atom stereocenters. The first kappa shape index (κ1) is 24.9. The minimum atomic E-state index is -4.69. The second-order valence-electron chi connectivity index (χ2n) is 8.09. The highest BCUT2D eigenvalue weighted by Crippen LogP contribution is 2.36. The van der Waals surface area contributed by atoms with E-state index >= 15 is 0 Å². The highest BCUT2D eigenvalue weighted by molar-refractivity contribution is 5.80. The highest BCUT2D eigenvalue weighted by Gasteiger charge is 2.37. The van der Waals surface area contributed by atoms with Gasteiger partial charge in [-0.05, 0) is 43.7 Å². The maximum absolute atomic E-state index is 13.5. The molecule has 0 aromatic carbocycles. The van der Waals surface area contributed by atoms with Gasteiger partial charge in [0.05, 0.1) is 5.56 Å². The number of Topliss-reactive ketones (excluding diaryl/α,β-unsaturated/α-hetero) is 1. The lowest BCUT2D eigenvalue weighted by Gasteiger charge is -2.29. The first-order valence-electron chi connectivity index (χ1n) is 10.7. The number of hydrogen-bond acceptors (Lipinski definition) is 5. The number of hydrogen-bond donors (Lipinski definition) is 1. The van der Waals surface area contributed by atoms with Crippen molar-refractivity contribution >= 4 is 11.6 Å². The fourth-order valence-electron chi connectivity index (χ4n) is 4.05. The van der Waals surface area contributed by atoms with Crippen LogP contribution in [0.25, 0.3) is 0 Å². The summed E-state index contributed by atoms with van der Waals surface area (Å²) in [5, 5.41) is 2.83. The van der Waals surface area contributed by atoms with E-state index in [9.17, 15) is 31.1 Å². The fraction of sp³-hybridized carbons (Fsp3) is 0.545. The second kappa shape index (κ2) is 10.0. The molecule has 1 N–H and O–H groups in total. The summed E-state index contributed by atoms with van der Waals surface area (Å²) in [5.74, 6) is -0.307. The summed E-state index contributed by atoms with van der Waals surface area (Å²) in [6.07, 6.45) is -4.03. The molecule has 2 aromatic rings. The molecule has 1 saturated carbocycles. The number of nitrogens with one attached hydrogen (secondary N) is 1. The second-order valence-corrected chi connectivity index (χ2v) is 8.09. The maximum Gasteiger partial charge on any atom is 0.421 e. The van der Waals surface area contributed by atoms with Crippen LogP contribution in [0.3, 0.4) is 0 Å². The molecule has 5 nitrogen and oxygen atoms in total. The van der Waals surface area contributed by atoms with Gasteiger partial charge in [-0.1, -0.05) is 6.92 Å². The van der Waals surface area contributed by atoms with E-state index in [-0.39, 0.29) is 47.8 Å². The van der Waals surface area contributed by atoms with Gasteiger partial charge in [-0.3, -0.25) is 9.78 Å². The smallest absolute Gasteiger partial charge is 0.367 e. The number of aromatic nitrogens is 3. The van der Waals surface area contributed by atoms with E-state index in [0.717, 1.165) is 18.5 Å². The lowest BCUT2D eigenvalue weighted by atomic mass is 9.83. The maximum atomic E-state index is 13.5. The zero-order valence-electron chi connectivity index (χ0n) is 17.9. The summed E-state index contributed by atoms with van der Waals surface area (Å²) in [6, 6.07) is 0.570. The number of alkyl halides is 6. The molecule has 0 aliphatic heterocycles. The summed E-state index contributed by atoms with van der Waals surface area (Å²) < 4.78 is 80.0. The molecule has 11 heteroatoms. The molecular weight excluding hydrogens is 450 g/mol. The molecule has 180 valence electrons.